The molecule has 0 aliphatic carbocycles. The Balaban J connectivity index is 1.51. The Bertz CT molecular complexity index is 1910. The van der Waals surface area contributed by atoms with E-state index in [1.54, 1.807) is 0 Å². The van der Waals surface area contributed by atoms with Crippen molar-refractivity contribution >= 4 is 34.0 Å². The van der Waals surface area contributed by atoms with Gasteiger partial charge in [-0.3, -0.25) is 0 Å². The first-order chi connectivity index (χ1) is 20.2. The number of aromatic nitrogens is 2. The van der Waals surface area contributed by atoms with E-state index in [-0.39, 0.29) is 0 Å². The van der Waals surface area contributed by atoms with Crippen molar-refractivity contribution in [3.8, 4) is 22.5 Å². The van der Waals surface area contributed by atoms with Crippen LogP contribution in [0.25, 0.3) is 56.5 Å². The third-order valence-corrected chi connectivity index (χ3v) is 8.11. The van der Waals surface area contributed by atoms with Gasteiger partial charge in [0.15, 0.2) is 0 Å². The molecule has 0 unspecified atom stereocenters. The van der Waals surface area contributed by atoms with Crippen LogP contribution in [-0.2, 0) is 6.42 Å². The highest BCUT2D eigenvalue weighted by Gasteiger charge is 2.17. The van der Waals surface area contributed by atoms with E-state index in [9.17, 15) is 0 Å². The second-order valence-electron chi connectivity index (χ2n) is 10.7. The van der Waals surface area contributed by atoms with Crippen LogP contribution in [0.1, 0.15) is 56.1 Å². The van der Waals surface area contributed by atoms with Crippen LogP contribution in [-0.4, -0.2) is 9.13 Å². The van der Waals surface area contributed by atoms with E-state index in [4.69, 9.17) is 0 Å². The first-order valence-electron chi connectivity index (χ1n) is 14.9. The monoisotopic (exact) mass is 534 g/mol. The number of para-hydroxylation sites is 2. The minimum absolute atomic E-state index is 0.998. The summed E-state index contributed by atoms with van der Waals surface area (Å²) in [5, 5.41) is 2.63. The van der Waals surface area contributed by atoms with Crippen LogP contribution in [0.5, 0.6) is 0 Å². The lowest BCUT2D eigenvalue weighted by atomic mass is 10.0. The highest BCUT2D eigenvalue weighted by atomic mass is 15.0. The van der Waals surface area contributed by atoms with Gasteiger partial charge in [0.2, 0.25) is 0 Å². The molecule has 0 radical (unpaired) electrons. The summed E-state index contributed by atoms with van der Waals surface area (Å²) in [7, 11) is 0. The Morgan fingerprint density at radius 2 is 1.07 bits per heavy atom. The maximum atomic E-state index is 2.43. The van der Waals surface area contributed by atoms with Gasteiger partial charge >= 0.3 is 0 Å². The molecule has 0 saturated carbocycles. The Labute approximate surface area is 243 Å². The molecular weight excluding hydrogens is 496 g/mol. The molecule has 0 spiro atoms. The van der Waals surface area contributed by atoms with Gasteiger partial charge in [0.25, 0.3) is 0 Å². The summed E-state index contributed by atoms with van der Waals surface area (Å²) in [6, 6.07) is 35.5. The van der Waals surface area contributed by atoms with Gasteiger partial charge in [-0.1, -0.05) is 93.6 Å². The SMILES string of the molecule is CC/C=C\c1c(C)c2ccccc2n1-c1cccc(-c2cccc(-n3c(/C=C\CC)c(CC)c4ccccc43)c2)c1. The summed E-state index contributed by atoms with van der Waals surface area (Å²) in [4.78, 5) is 0. The van der Waals surface area contributed by atoms with Crippen LogP contribution in [0.2, 0.25) is 0 Å². The van der Waals surface area contributed by atoms with E-state index >= 15 is 0 Å². The molecule has 41 heavy (non-hydrogen) atoms. The van der Waals surface area contributed by atoms with Gasteiger partial charge in [-0.25, -0.2) is 0 Å². The molecule has 4 aromatic carbocycles. The van der Waals surface area contributed by atoms with E-state index in [2.05, 4.69) is 158 Å². The summed E-state index contributed by atoms with van der Waals surface area (Å²) in [5.74, 6) is 0. The van der Waals surface area contributed by atoms with Gasteiger partial charge in [0, 0.05) is 33.5 Å². The quantitative estimate of drug-likeness (QED) is 0.184. The number of nitrogens with zero attached hydrogens (tertiary/aromatic N) is 2. The maximum absolute atomic E-state index is 2.43. The number of hydrogen-bond donors (Lipinski definition) is 0. The number of benzene rings is 4. The minimum atomic E-state index is 0.998. The Morgan fingerprint density at radius 3 is 1.66 bits per heavy atom. The number of fused-ring (bicyclic) bond motifs is 2. The van der Waals surface area contributed by atoms with Crippen LogP contribution in [0.3, 0.4) is 0 Å². The van der Waals surface area contributed by atoms with Crippen molar-refractivity contribution in [2.45, 2.75) is 47.0 Å². The third-order valence-electron chi connectivity index (χ3n) is 8.11. The van der Waals surface area contributed by atoms with Gasteiger partial charge in [-0.05, 0) is 97.0 Å². The van der Waals surface area contributed by atoms with E-state index in [0.717, 1.165) is 19.3 Å². The van der Waals surface area contributed by atoms with Crippen molar-refractivity contribution in [3.05, 3.63) is 132 Å². The summed E-state index contributed by atoms with van der Waals surface area (Å²) in [6.45, 7) is 8.88. The highest BCUT2D eigenvalue weighted by Crippen LogP contribution is 2.35. The molecule has 6 rings (SSSR count). The predicted octanol–water partition coefficient (Wildman–Crippen LogP) is 11.0. The Hall–Kier alpha value is -4.56. The maximum Gasteiger partial charge on any atom is 0.0537 e. The molecule has 2 heteroatoms. The van der Waals surface area contributed by atoms with Crippen LogP contribution in [0, 0.1) is 6.92 Å². The average molecular weight is 535 g/mol. The van der Waals surface area contributed by atoms with Gasteiger partial charge < -0.3 is 9.13 Å². The van der Waals surface area contributed by atoms with Crippen molar-refractivity contribution < 1.29 is 0 Å². The molecule has 2 nitrogen and oxygen atoms in total. The number of allylic oxidation sites excluding steroid dienone is 2. The molecule has 0 aliphatic heterocycles. The van der Waals surface area contributed by atoms with Gasteiger partial charge in [0.05, 0.1) is 11.0 Å². The Kier molecular flexibility index (Phi) is 7.48. The van der Waals surface area contributed by atoms with Crippen molar-refractivity contribution in [1.29, 1.82) is 0 Å². The second kappa shape index (κ2) is 11.5. The van der Waals surface area contributed by atoms with Crippen LogP contribution < -0.4 is 0 Å². The molecule has 0 saturated heterocycles. The molecule has 2 heterocycles. The summed E-state index contributed by atoms with van der Waals surface area (Å²) < 4.78 is 4.84. The number of rotatable bonds is 8. The zero-order chi connectivity index (χ0) is 28.3. The third kappa shape index (κ3) is 4.74. The molecule has 0 N–H and O–H groups in total. The summed E-state index contributed by atoms with van der Waals surface area (Å²) in [6.07, 6.45) is 12.1. The summed E-state index contributed by atoms with van der Waals surface area (Å²) in [5.41, 5.74) is 12.5. The fourth-order valence-corrected chi connectivity index (χ4v) is 6.16. The zero-order valence-corrected chi connectivity index (χ0v) is 24.6. The van der Waals surface area contributed by atoms with Crippen molar-refractivity contribution in [2.75, 3.05) is 0 Å². The van der Waals surface area contributed by atoms with E-state index in [1.165, 1.54) is 66.8 Å². The number of aryl methyl sites for hydroxylation is 2. The number of hydrogen-bond acceptors (Lipinski definition) is 0. The predicted molar refractivity (Wildman–Crippen MR) is 178 cm³/mol. The first kappa shape index (κ1) is 26.7. The normalized spacial score (nSPS) is 12.0. The molecule has 0 bridgehead atoms. The summed E-state index contributed by atoms with van der Waals surface area (Å²) >= 11 is 0. The molecule has 0 amide bonds. The van der Waals surface area contributed by atoms with Crippen LogP contribution in [0.15, 0.2) is 109 Å². The second-order valence-corrected chi connectivity index (χ2v) is 10.7. The van der Waals surface area contributed by atoms with Crippen LogP contribution in [0.4, 0.5) is 0 Å². The lowest BCUT2D eigenvalue weighted by molar-refractivity contribution is 1.06. The molecule has 204 valence electrons. The largest absolute Gasteiger partial charge is 0.310 e. The fraction of sp³-hybridized carbons (Fsp3) is 0.179. The van der Waals surface area contributed by atoms with Crippen LogP contribution >= 0.6 is 0 Å². The lowest BCUT2D eigenvalue weighted by Crippen LogP contribution is -1.99. The fourth-order valence-electron chi connectivity index (χ4n) is 6.16. The van der Waals surface area contributed by atoms with Crippen molar-refractivity contribution in [3.63, 3.8) is 0 Å². The van der Waals surface area contributed by atoms with Crippen molar-refractivity contribution in [1.82, 2.24) is 9.13 Å². The van der Waals surface area contributed by atoms with E-state index in [0.29, 0.717) is 0 Å². The Morgan fingerprint density at radius 1 is 0.561 bits per heavy atom. The first-order valence-corrected chi connectivity index (χ1v) is 14.9. The molecule has 0 atom stereocenters. The topological polar surface area (TPSA) is 9.86 Å². The molecule has 2 aromatic heterocycles. The van der Waals surface area contributed by atoms with Gasteiger partial charge in [-0.15, -0.1) is 0 Å². The van der Waals surface area contributed by atoms with Gasteiger partial charge in [-0.2, -0.15) is 0 Å². The standard InChI is InChI=1S/C39H38N2/c1-5-8-22-36-28(4)34-20-10-12-24-38(34)40(36)31-18-14-16-29(26-31)30-17-15-19-32(27-30)41-37(23-9-6-2)33(7-3)35-21-11-13-25-39(35)41/h8-27H,5-7H2,1-4H3/b22-8-,23-9-. The molecule has 6 aromatic rings. The molecule has 0 aliphatic rings. The minimum Gasteiger partial charge on any atom is -0.310 e. The average Bonchev–Trinajstić information content (AvgIpc) is 3.50. The zero-order valence-electron chi connectivity index (χ0n) is 24.6. The molecule has 0 fully saturated rings. The molecular formula is C39H38N2. The lowest BCUT2D eigenvalue weighted by Gasteiger charge is -2.14. The highest BCUT2D eigenvalue weighted by molar-refractivity contribution is 5.91. The van der Waals surface area contributed by atoms with Gasteiger partial charge in [0.1, 0.15) is 0 Å². The van der Waals surface area contributed by atoms with Crippen molar-refractivity contribution in [2.24, 2.45) is 0 Å². The smallest absolute Gasteiger partial charge is 0.0537 e. The van der Waals surface area contributed by atoms with E-state index < -0.39 is 0 Å². The van der Waals surface area contributed by atoms with E-state index in [1.807, 2.05) is 0 Å².